The summed E-state index contributed by atoms with van der Waals surface area (Å²) in [7, 11) is 0. The van der Waals surface area contributed by atoms with Crippen molar-refractivity contribution in [2.45, 2.75) is 110 Å². The van der Waals surface area contributed by atoms with Gasteiger partial charge >= 0.3 is 0 Å². The highest BCUT2D eigenvalue weighted by atomic mass is 14.1. The van der Waals surface area contributed by atoms with E-state index in [1.165, 1.54) is 119 Å². The molecule has 2 aromatic carbocycles. The van der Waals surface area contributed by atoms with Gasteiger partial charge in [0, 0.05) is 0 Å². The zero-order valence-electron chi connectivity index (χ0n) is 19.0. The third-order valence-corrected chi connectivity index (χ3v) is 6.10. The van der Waals surface area contributed by atoms with E-state index in [1.807, 2.05) is 0 Å². The fraction of sp³-hybridized carbons (Fsp3) is 0.586. The zero-order valence-corrected chi connectivity index (χ0v) is 19.0. The van der Waals surface area contributed by atoms with Crippen LogP contribution in [0.15, 0.2) is 54.6 Å². The van der Waals surface area contributed by atoms with Gasteiger partial charge in [-0.25, -0.2) is 0 Å². The molecule has 0 N–H and O–H groups in total. The minimum absolute atomic E-state index is 1.19. The second kappa shape index (κ2) is 16.3. The molecule has 0 radical (unpaired) electrons. The summed E-state index contributed by atoms with van der Waals surface area (Å²) in [5, 5.41) is 2.83. The van der Waals surface area contributed by atoms with Crippen molar-refractivity contribution in [2.75, 3.05) is 0 Å². The Labute approximate surface area is 180 Å². The van der Waals surface area contributed by atoms with Crippen molar-refractivity contribution >= 4 is 10.8 Å². The van der Waals surface area contributed by atoms with Crippen molar-refractivity contribution in [3.63, 3.8) is 0 Å². The molecule has 160 valence electrons. The molecule has 0 aliphatic rings. The van der Waals surface area contributed by atoms with E-state index in [9.17, 15) is 0 Å². The van der Waals surface area contributed by atoms with Gasteiger partial charge in [-0.2, -0.15) is 0 Å². The van der Waals surface area contributed by atoms with Gasteiger partial charge < -0.3 is 0 Å². The molecule has 0 bridgehead atoms. The molecular formula is C29H44. The minimum atomic E-state index is 1.19. The largest absolute Gasteiger partial charge is 0.0888 e. The van der Waals surface area contributed by atoms with Crippen molar-refractivity contribution in [1.29, 1.82) is 0 Å². The Bertz CT molecular complexity index is 661. The van der Waals surface area contributed by atoms with Crippen LogP contribution < -0.4 is 0 Å². The van der Waals surface area contributed by atoms with Gasteiger partial charge in [-0.3, -0.25) is 0 Å². The number of aryl methyl sites for hydroxylation is 1. The molecule has 2 rings (SSSR count). The van der Waals surface area contributed by atoms with Gasteiger partial charge in [0.25, 0.3) is 0 Å². The molecule has 0 atom stereocenters. The number of allylic oxidation sites excluding steroid dienone is 2. The van der Waals surface area contributed by atoms with Gasteiger partial charge in [-0.05, 0) is 48.4 Å². The lowest BCUT2D eigenvalue weighted by molar-refractivity contribution is 0.537. The molecule has 29 heavy (non-hydrogen) atoms. The summed E-state index contributed by atoms with van der Waals surface area (Å²) >= 11 is 0. The monoisotopic (exact) mass is 392 g/mol. The van der Waals surface area contributed by atoms with Crippen LogP contribution >= 0.6 is 0 Å². The van der Waals surface area contributed by atoms with E-state index in [0.29, 0.717) is 0 Å². The van der Waals surface area contributed by atoms with Crippen LogP contribution in [0.3, 0.4) is 0 Å². The molecular weight excluding hydrogens is 348 g/mol. The van der Waals surface area contributed by atoms with Gasteiger partial charge in [0.15, 0.2) is 0 Å². The average molecular weight is 393 g/mol. The van der Waals surface area contributed by atoms with E-state index >= 15 is 0 Å². The van der Waals surface area contributed by atoms with E-state index in [-0.39, 0.29) is 0 Å². The highest BCUT2D eigenvalue weighted by molar-refractivity contribution is 5.85. The zero-order chi connectivity index (χ0) is 20.4. The number of fused-ring (bicyclic) bond motifs is 1. The standard InChI is InChI=1S/C29H44/c1-2-3-4-5-6-7-8-9-10-11-12-13-14-15-16-17-18-22-27-24-21-25-28-23-19-20-26-29(27)28/h3-4,19-21,23-26H,2,5-18,22H2,1H3/b4-3+. The summed E-state index contributed by atoms with van der Waals surface area (Å²) in [5.74, 6) is 0. The van der Waals surface area contributed by atoms with Crippen LogP contribution in [0.5, 0.6) is 0 Å². The van der Waals surface area contributed by atoms with Gasteiger partial charge in [-0.15, -0.1) is 0 Å². The van der Waals surface area contributed by atoms with E-state index in [1.54, 1.807) is 0 Å². The SMILES string of the molecule is CC/C=C/CCCCCCCCCCCCCCCc1cccc2ccccc12. The smallest absolute Gasteiger partial charge is 0.0152 e. The van der Waals surface area contributed by atoms with Crippen molar-refractivity contribution in [1.82, 2.24) is 0 Å². The fourth-order valence-corrected chi connectivity index (χ4v) is 4.32. The molecule has 0 heterocycles. The molecule has 0 aliphatic carbocycles. The number of hydrogen-bond acceptors (Lipinski definition) is 0. The molecule has 2 aromatic rings. The van der Waals surface area contributed by atoms with Crippen LogP contribution in [0.2, 0.25) is 0 Å². The number of hydrogen-bond donors (Lipinski definition) is 0. The van der Waals surface area contributed by atoms with Crippen molar-refractivity contribution in [2.24, 2.45) is 0 Å². The normalized spacial score (nSPS) is 11.6. The quantitative estimate of drug-likeness (QED) is 0.185. The second-order valence-electron chi connectivity index (χ2n) is 8.65. The molecule has 0 heteroatoms. The van der Waals surface area contributed by atoms with E-state index in [2.05, 4.69) is 61.5 Å². The Kier molecular flexibility index (Phi) is 13.3. The Hall–Kier alpha value is -1.56. The fourth-order valence-electron chi connectivity index (χ4n) is 4.32. The van der Waals surface area contributed by atoms with Crippen LogP contribution in [-0.2, 0) is 6.42 Å². The number of unbranched alkanes of at least 4 members (excludes halogenated alkanes) is 13. The summed E-state index contributed by atoms with van der Waals surface area (Å²) < 4.78 is 0. The Morgan fingerprint density at radius 3 is 1.76 bits per heavy atom. The maximum Gasteiger partial charge on any atom is -0.0152 e. The molecule has 0 aromatic heterocycles. The number of benzene rings is 2. The van der Waals surface area contributed by atoms with E-state index in [0.717, 1.165) is 0 Å². The summed E-state index contributed by atoms with van der Waals surface area (Å²) in [5.41, 5.74) is 1.53. The molecule has 0 amide bonds. The summed E-state index contributed by atoms with van der Waals surface area (Å²) in [6, 6.07) is 15.6. The van der Waals surface area contributed by atoms with Crippen LogP contribution in [0.1, 0.15) is 109 Å². The first-order chi connectivity index (χ1) is 14.4. The first kappa shape index (κ1) is 23.7. The van der Waals surface area contributed by atoms with E-state index in [4.69, 9.17) is 0 Å². The van der Waals surface area contributed by atoms with E-state index < -0.39 is 0 Å². The summed E-state index contributed by atoms with van der Waals surface area (Å²) in [6.45, 7) is 2.21. The highest BCUT2D eigenvalue weighted by Crippen LogP contribution is 2.21. The topological polar surface area (TPSA) is 0 Å². The van der Waals surface area contributed by atoms with Gasteiger partial charge in [-0.1, -0.05) is 132 Å². The Balaban J connectivity index is 1.36. The Morgan fingerprint density at radius 1 is 0.552 bits per heavy atom. The van der Waals surface area contributed by atoms with Crippen LogP contribution in [-0.4, -0.2) is 0 Å². The molecule has 0 spiro atoms. The molecule has 0 nitrogen and oxygen atoms in total. The van der Waals surface area contributed by atoms with Gasteiger partial charge in [0.2, 0.25) is 0 Å². The third kappa shape index (κ3) is 10.7. The van der Waals surface area contributed by atoms with Crippen LogP contribution in [0, 0.1) is 0 Å². The maximum atomic E-state index is 2.35. The first-order valence-electron chi connectivity index (χ1n) is 12.5. The van der Waals surface area contributed by atoms with Crippen molar-refractivity contribution in [3.05, 3.63) is 60.2 Å². The van der Waals surface area contributed by atoms with Crippen molar-refractivity contribution in [3.8, 4) is 0 Å². The molecule has 0 fully saturated rings. The number of rotatable bonds is 17. The average Bonchev–Trinajstić information content (AvgIpc) is 2.76. The highest BCUT2D eigenvalue weighted by Gasteiger charge is 2.00. The molecule has 0 saturated carbocycles. The lowest BCUT2D eigenvalue weighted by atomic mass is 9.99. The summed E-state index contributed by atoms with van der Waals surface area (Å²) in [4.78, 5) is 0. The van der Waals surface area contributed by atoms with Gasteiger partial charge in [0.1, 0.15) is 0 Å². The van der Waals surface area contributed by atoms with Crippen LogP contribution in [0.25, 0.3) is 10.8 Å². The Morgan fingerprint density at radius 2 is 1.10 bits per heavy atom. The summed E-state index contributed by atoms with van der Waals surface area (Å²) in [6.07, 6.45) is 26.9. The van der Waals surface area contributed by atoms with Crippen molar-refractivity contribution < 1.29 is 0 Å². The molecule has 0 unspecified atom stereocenters. The minimum Gasteiger partial charge on any atom is -0.0888 e. The molecule has 0 saturated heterocycles. The predicted octanol–water partition coefficient (Wildman–Crippen LogP) is 9.81. The predicted molar refractivity (Wildman–Crippen MR) is 132 cm³/mol. The molecule has 0 aliphatic heterocycles. The maximum absolute atomic E-state index is 2.35. The van der Waals surface area contributed by atoms with Gasteiger partial charge in [0.05, 0.1) is 0 Å². The lowest BCUT2D eigenvalue weighted by Gasteiger charge is -2.07. The van der Waals surface area contributed by atoms with Crippen LogP contribution in [0.4, 0.5) is 0 Å². The second-order valence-corrected chi connectivity index (χ2v) is 8.65. The third-order valence-electron chi connectivity index (χ3n) is 6.10. The first-order valence-corrected chi connectivity index (χ1v) is 12.5. The lowest BCUT2D eigenvalue weighted by Crippen LogP contribution is -1.88.